The van der Waals surface area contributed by atoms with E-state index in [4.69, 9.17) is 10.5 Å². The van der Waals surface area contributed by atoms with Crippen molar-refractivity contribution in [2.45, 2.75) is 13.0 Å². The first-order chi connectivity index (χ1) is 6.77. The standard InChI is InChI=1S/C11H14BrNO/c1-2-3-6-14-10-4-5-11(12)9(7-10)8-13/h2,4-5,7H,1,3,6,8,13H2. The van der Waals surface area contributed by atoms with E-state index in [2.05, 4.69) is 22.5 Å². The predicted octanol–water partition coefficient (Wildman–Crippen LogP) is 2.86. The van der Waals surface area contributed by atoms with Gasteiger partial charge in [0.05, 0.1) is 6.61 Å². The third-order valence-corrected chi connectivity index (χ3v) is 2.60. The Morgan fingerprint density at radius 2 is 2.29 bits per heavy atom. The van der Waals surface area contributed by atoms with E-state index in [1.54, 1.807) is 0 Å². The van der Waals surface area contributed by atoms with Crippen LogP contribution in [0.4, 0.5) is 0 Å². The van der Waals surface area contributed by atoms with Crippen LogP contribution in [0.2, 0.25) is 0 Å². The van der Waals surface area contributed by atoms with Crippen molar-refractivity contribution in [2.75, 3.05) is 6.61 Å². The van der Waals surface area contributed by atoms with Gasteiger partial charge >= 0.3 is 0 Å². The smallest absolute Gasteiger partial charge is 0.119 e. The second-order valence-electron chi connectivity index (χ2n) is 2.88. The minimum atomic E-state index is 0.513. The molecule has 76 valence electrons. The predicted molar refractivity (Wildman–Crippen MR) is 62.3 cm³/mol. The van der Waals surface area contributed by atoms with Crippen LogP contribution >= 0.6 is 15.9 Å². The molecule has 0 aromatic heterocycles. The van der Waals surface area contributed by atoms with E-state index in [9.17, 15) is 0 Å². The molecule has 1 rings (SSSR count). The number of hydrogen-bond donors (Lipinski definition) is 1. The van der Waals surface area contributed by atoms with E-state index in [1.165, 1.54) is 0 Å². The van der Waals surface area contributed by atoms with Gasteiger partial charge in [-0.1, -0.05) is 22.0 Å². The largest absolute Gasteiger partial charge is 0.493 e. The van der Waals surface area contributed by atoms with Crippen LogP contribution in [0.1, 0.15) is 12.0 Å². The van der Waals surface area contributed by atoms with Gasteiger partial charge in [-0.05, 0) is 30.2 Å². The van der Waals surface area contributed by atoms with E-state index in [-0.39, 0.29) is 0 Å². The number of ether oxygens (including phenoxy) is 1. The molecule has 2 nitrogen and oxygen atoms in total. The number of nitrogens with two attached hydrogens (primary N) is 1. The fraction of sp³-hybridized carbons (Fsp3) is 0.273. The van der Waals surface area contributed by atoms with Crippen LogP contribution < -0.4 is 10.5 Å². The lowest BCUT2D eigenvalue weighted by Gasteiger charge is -2.07. The Labute approximate surface area is 92.9 Å². The van der Waals surface area contributed by atoms with Crippen LogP contribution in [0.25, 0.3) is 0 Å². The Kier molecular flexibility index (Phi) is 4.70. The molecule has 0 heterocycles. The Hall–Kier alpha value is -0.800. The van der Waals surface area contributed by atoms with Gasteiger partial charge in [0.25, 0.3) is 0 Å². The Morgan fingerprint density at radius 3 is 2.93 bits per heavy atom. The van der Waals surface area contributed by atoms with Gasteiger partial charge in [-0.2, -0.15) is 0 Å². The van der Waals surface area contributed by atoms with Crippen molar-refractivity contribution in [2.24, 2.45) is 5.73 Å². The minimum Gasteiger partial charge on any atom is -0.493 e. The van der Waals surface area contributed by atoms with Crippen molar-refractivity contribution in [1.82, 2.24) is 0 Å². The quantitative estimate of drug-likeness (QED) is 0.649. The van der Waals surface area contributed by atoms with Crippen molar-refractivity contribution in [1.29, 1.82) is 0 Å². The van der Waals surface area contributed by atoms with E-state index >= 15 is 0 Å². The van der Waals surface area contributed by atoms with Crippen molar-refractivity contribution in [3.8, 4) is 5.75 Å². The highest BCUT2D eigenvalue weighted by Crippen LogP contribution is 2.22. The summed E-state index contributed by atoms with van der Waals surface area (Å²) in [4.78, 5) is 0. The minimum absolute atomic E-state index is 0.513. The van der Waals surface area contributed by atoms with Crippen molar-refractivity contribution >= 4 is 15.9 Å². The summed E-state index contributed by atoms with van der Waals surface area (Å²) < 4.78 is 6.52. The maximum atomic E-state index is 5.57. The van der Waals surface area contributed by atoms with Gasteiger partial charge in [-0.15, -0.1) is 6.58 Å². The van der Waals surface area contributed by atoms with Crippen molar-refractivity contribution in [3.05, 3.63) is 40.9 Å². The summed E-state index contributed by atoms with van der Waals surface area (Å²) >= 11 is 3.42. The maximum absolute atomic E-state index is 5.57. The summed E-state index contributed by atoms with van der Waals surface area (Å²) in [6, 6.07) is 5.82. The van der Waals surface area contributed by atoms with Gasteiger partial charge in [-0.25, -0.2) is 0 Å². The molecule has 0 saturated carbocycles. The van der Waals surface area contributed by atoms with E-state index < -0.39 is 0 Å². The highest BCUT2D eigenvalue weighted by atomic mass is 79.9. The third kappa shape index (κ3) is 3.16. The second-order valence-corrected chi connectivity index (χ2v) is 3.74. The third-order valence-electron chi connectivity index (χ3n) is 1.83. The number of halogens is 1. The molecule has 14 heavy (non-hydrogen) atoms. The molecule has 0 amide bonds. The van der Waals surface area contributed by atoms with Gasteiger partial charge in [0.15, 0.2) is 0 Å². The summed E-state index contributed by atoms with van der Waals surface area (Å²) in [5.41, 5.74) is 6.63. The highest BCUT2D eigenvalue weighted by Gasteiger charge is 2.00. The van der Waals surface area contributed by atoms with Gasteiger partial charge in [0.2, 0.25) is 0 Å². The first-order valence-corrected chi connectivity index (χ1v) is 5.29. The Bertz CT molecular complexity index is 312. The molecule has 0 atom stereocenters. The summed E-state index contributed by atoms with van der Waals surface area (Å²) in [5.74, 6) is 0.857. The molecular weight excluding hydrogens is 242 g/mol. The summed E-state index contributed by atoms with van der Waals surface area (Å²) in [7, 11) is 0. The van der Waals surface area contributed by atoms with Gasteiger partial charge in [0, 0.05) is 11.0 Å². The zero-order valence-corrected chi connectivity index (χ0v) is 9.59. The molecule has 1 aromatic carbocycles. The average Bonchev–Trinajstić information content (AvgIpc) is 2.21. The van der Waals surface area contributed by atoms with Crippen molar-refractivity contribution < 1.29 is 4.74 Å². The zero-order chi connectivity index (χ0) is 10.4. The molecule has 0 unspecified atom stereocenters. The maximum Gasteiger partial charge on any atom is 0.119 e. The van der Waals surface area contributed by atoms with E-state index in [0.717, 1.165) is 22.2 Å². The fourth-order valence-electron chi connectivity index (χ4n) is 1.06. The fourth-order valence-corrected chi connectivity index (χ4v) is 1.47. The highest BCUT2D eigenvalue weighted by molar-refractivity contribution is 9.10. The van der Waals surface area contributed by atoms with Crippen LogP contribution in [0.15, 0.2) is 35.3 Å². The van der Waals surface area contributed by atoms with Gasteiger partial charge in [0.1, 0.15) is 5.75 Å². The summed E-state index contributed by atoms with van der Waals surface area (Å²) in [6.07, 6.45) is 2.69. The normalized spacial score (nSPS) is 9.86. The Morgan fingerprint density at radius 1 is 1.50 bits per heavy atom. The van der Waals surface area contributed by atoms with E-state index in [0.29, 0.717) is 13.2 Å². The van der Waals surface area contributed by atoms with E-state index in [1.807, 2.05) is 24.3 Å². The van der Waals surface area contributed by atoms with Crippen LogP contribution in [0.3, 0.4) is 0 Å². The molecule has 0 saturated heterocycles. The van der Waals surface area contributed by atoms with Crippen LogP contribution in [-0.2, 0) is 6.54 Å². The summed E-state index contributed by atoms with van der Waals surface area (Å²) in [6.45, 7) is 4.81. The van der Waals surface area contributed by atoms with Gasteiger partial charge < -0.3 is 10.5 Å². The molecule has 2 N–H and O–H groups in total. The SMILES string of the molecule is C=CCCOc1ccc(Br)c(CN)c1. The number of rotatable bonds is 5. The monoisotopic (exact) mass is 255 g/mol. The molecule has 0 fully saturated rings. The molecular formula is C11H14BrNO. The molecule has 0 spiro atoms. The zero-order valence-electron chi connectivity index (χ0n) is 8.00. The number of benzene rings is 1. The van der Waals surface area contributed by atoms with Crippen molar-refractivity contribution in [3.63, 3.8) is 0 Å². The number of hydrogen-bond acceptors (Lipinski definition) is 2. The van der Waals surface area contributed by atoms with Crippen LogP contribution in [0.5, 0.6) is 5.75 Å². The molecule has 0 aliphatic heterocycles. The Balaban J connectivity index is 2.64. The van der Waals surface area contributed by atoms with Crippen LogP contribution in [0, 0.1) is 0 Å². The van der Waals surface area contributed by atoms with Gasteiger partial charge in [-0.3, -0.25) is 0 Å². The molecule has 0 bridgehead atoms. The molecule has 0 radical (unpaired) electrons. The lowest BCUT2D eigenvalue weighted by atomic mass is 10.2. The van der Waals surface area contributed by atoms with Crippen LogP contribution in [-0.4, -0.2) is 6.61 Å². The summed E-state index contributed by atoms with van der Waals surface area (Å²) in [5, 5.41) is 0. The molecule has 0 aliphatic rings. The molecule has 3 heteroatoms. The molecule has 1 aromatic rings. The average molecular weight is 256 g/mol. The topological polar surface area (TPSA) is 35.2 Å². The first-order valence-electron chi connectivity index (χ1n) is 4.50. The first kappa shape index (κ1) is 11.3. The second kappa shape index (κ2) is 5.83. The lowest BCUT2D eigenvalue weighted by molar-refractivity contribution is 0.324. The lowest BCUT2D eigenvalue weighted by Crippen LogP contribution is -2.00. The molecule has 0 aliphatic carbocycles.